The molecule has 3 N–H and O–H groups in total. The first-order valence-corrected chi connectivity index (χ1v) is 22.4. The average Bonchev–Trinajstić information content (AvgIpc) is 3.46. The monoisotopic (exact) mass is 806 g/mol. The number of aliphatic hydroxyl groups excluding tert-OH is 1. The topological polar surface area (TPSA) is 138 Å². The van der Waals surface area contributed by atoms with Gasteiger partial charge in [0.25, 0.3) is 0 Å². The van der Waals surface area contributed by atoms with Gasteiger partial charge < -0.3 is 25.0 Å². The van der Waals surface area contributed by atoms with Crippen LogP contribution in [0.4, 0.5) is 0 Å². The zero-order valence-electron chi connectivity index (χ0n) is 37.4. The van der Waals surface area contributed by atoms with Gasteiger partial charge in [0, 0.05) is 63.3 Å². The highest BCUT2D eigenvalue weighted by Crippen LogP contribution is 2.77. The normalized spacial score (nSPS) is 34.9. The van der Waals surface area contributed by atoms with E-state index in [-0.39, 0.29) is 51.8 Å². The Morgan fingerprint density at radius 2 is 1.72 bits per heavy atom. The maximum absolute atomic E-state index is 14.3. The van der Waals surface area contributed by atoms with Crippen LogP contribution in [-0.4, -0.2) is 89.9 Å². The van der Waals surface area contributed by atoms with Crippen molar-refractivity contribution in [2.45, 2.75) is 145 Å². The number of aliphatic carboxylic acids is 1. The van der Waals surface area contributed by atoms with Crippen LogP contribution in [0.15, 0.2) is 35.5 Å². The maximum Gasteiger partial charge on any atom is 0.309 e. The molecule has 0 amide bonds. The molecular formula is C48H75N3O7. The summed E-state index contributed by atoms with van der Waals surface area (Å²) in [6.45, 7) is 23.7. The number of rotatable bonds is 16. The van der Waals surface area contributed by atoms with Gasteiger partial charge in [0.2, 0.25) is 0 Å². The number of carboxylic acid groups (broad SMARTS) is 1. The number of carbonyl (C=O) groups excluding carboxylic acids is 2. The van der Waals surface area contributed by atoms with Gasteiger partial charge in [-0.3, -0.25) is 24.3 Å². The second kappa shape index (κ2) is 16.7. The highest BCUT2D eigenvalue weighted by atomic mass is 16.5. The number of ketones is 1. The van der Waals surface area contributed by atoms with Crippen molar-refractivity contribution in [2.24, 2.45) is 56.2 Å². The molecule has 324 valence electrons. The van der Waals surface area contributed by atoms with E-state index in [0.717, 1.165) is 82.3 Å². The Morgan fingerprint density at radius 1 is 0.983 bits per heavy atom. The number of hydrogen-bond donors (Lipinski definition) is 3. The molecular weight excluding hydrogens is 731 g/mol. The summed E-state index contributed by atoms with van der Waals surface area (Å²) in [6, 6.07) is 5.98. The second-order valence-corrected chi connectivity index (χ2v) is 21.4. The van der Waals surface area contributed by atoms with Crippen molar-refractivity contribution in [3.8, 4) is 0 Å². The molecule has 0 aromatic carbocycles. The largest absolute Gasteiger partial charge is 0.481 e. The zero-order valence-corrected chi connectivity index (χ0v) is 37.4. The first-order valence-electron chi connectivity index (χ1n) is 22.4. The van der Waals surface area contributed by atoms with E-state index in [9.17, 15) is 24.6 Å². The SMILES string of the molecule is COCCNCCN(Cc1ccccn1)CC(O)[C@@]12CC[C@]3(C)[C@H](CCC4[C@@]5(C)CC[C@H](OC(=O)CC(C)(C)C(=O)O)C(C)(C)[C@@H]5CC[C@]43C)C1=C(C(C)C)C(=O)C2. The maximum atomic E-state index is 14.3. The quantitative estimate of drug-likeness (QED) is 0.112. The number of carboxylic acids is 1. The predicted molar refractivity (Wildman–Crippen MR) is 226 cm³/mol. The predicted octanol–water partition coefficient (Wildman–Crippen LogP) is 7.87. The molecule has 1 aromatic heterocycles. The molecule has 10 nitrogen and oxygen atoms in total. The first-order chi connectivity index (χ1) is 27.2. The number of aromatic nitrogens is 1. The number of pyridine rings is 1. The summed E-state index contributed by atoms with van der Waals surface area (Å²) in [7, 11) is 1.71. The summed E-state index contributed by atoms with van der Waals surface area (Å²) in [5, 5.41) is 25.8. The van der Waals surface area contributed by atoms with Crippen LogP contribution in [0, 0.1) is 56.2 Å². The van der Waals surface area contributed by atoms with Gasteiger partial charge in [0.1, 0.15) is 6.10 Å². The van der Waals surface area contributed by atoms with Crippen molar-refractivity contribution in [2.75, 3.05) is 39.9 Å². The van der Waals surface area contributed by atoms with E-state index in [1.807, 2.05) is 24.4 Å². The van der Waals surface area contributed by atoms with Crippen LogP contribution in [0.25, 0.3) is 0 Å². The van der Waals surface area contributed by atoms with Gasteiger partial charge in [-0.15, -0.1) is 0 Å². The third-order valence-electron chi connectivity index (χ3n) is 17.1. The van der Waals surface area contributed by atoms with Gasteiger partial charge >= 0.3 is 11.9 Å². The van der Waals surface area contributed by atoms with Gasteiger partial charge in [-0.1, -0.05) is 60.1 Å². The Kier molecular flexibility index (Phi) is 12.9. The van der Waals surface area contributed by atoms with Gasteiger partial charge in [-0.2, -0.15) is 0 Å². The van der Waals surface area contributed by atoms with E-state index in [1.54, 1.807) is 21.0 Å². The molecule has 1 heterocycles. The summed E-state index contributed by atoms with van der Waals surface area (Å²) in [6.07, 6.45) is 8.86. The van der Waals surface area contributed by atoms with Crippen molar-refractivity contribution in [3.63, 3.8) is 0 Å². The Hall–Kier alpha value is -2.66. The van der Waals surface area contributed by atoms with Crippen molar-refractivity contribution < 1.29 is 34.1 Å². The van der Waals surface area contributed by atoms with Crippen LogP contribution in [-0.2, 0) is 30.4 Å². The molecule has 0 saturated heterocycles. The number of fused-ring (bicyclic) bond motifs is 7. The summed E-state index contributed by atoms with van der Waals surface area (Å²) < 4.78 is 11.4. The third-order valence-corrected chi connectivity index (χ3v) is 17.1. The number of allylic oxidation sites excluding steroid dienone is 1. The van der Waals surface area contributed by atoms with Gasteiger partial charge in [0.05, 0.1) is 30.2 Å². The molecule has 0 aliphatic heterocycles. The van der Waals surface area contributed by atoms with Crippen molar-refractivity contribution in [3.05, 3.63) is 41.2 Å². The molecule has 58 heavy (non-hydrogen) atoms. The van der Waals surface area contributed by atoms with Gasteiger partial charge in [0.15, 0.2) is 5.78 Å². The van der Waals surface area contributed by atoms with Crippen LogP contribution in [0.1, 0.15) is 132 Å². The van der Waals surface area contributed by atoms with Crippen LogP contribution in [0.2, 0.25) is 0 Å². The van der Waals surface area contributed by atoms with Gasteiger partial charge in [-0.25, -0.2) is 0 Å². The number of hydrogen-bond acceptors (Lipinski definition) is 9. The van der Waals surface area contributed by atoms with Crippen molar-refractivity contribution in [1.82, 2.24) is 15.2 Å². The summed E-state index contributed by atoms with van der Waals surface area (Å²) in [5.74, 6) is -0.0398. The molecule has 6 rings (SSSR count). The number of carbonyl (C=O) groups is 3. The van der Waals surface area contributed by atoms with E-state index in [0.29, 0.717) is 38.0 Å². The van der Waals surface area contributed by atoms with Crippen LogP contribution >= 0.6 is 0 Å². The number of aliphatic hydroxyl groups is 1. The minimum absolute atomic E-state index is 0.0308. The lowest BCUT2D eigenvalue weighted by atomic mass is 9.33. The fourth-order valence-corrected chi connectivity index (χ4v) is 13.8. The van der Waals surface area contributed by atoms with Crippen LogP contribution in [0.5, 0.6) is 0 Å². The third kappa shape index (κ3) is 7.75. The van der Waals surface area contributed by atoms with E-state index >= 15 is 0 Å². The molecule has 5 aliphatic carbocycles. The molecule has 2 unspecified atom stereocenters. The van der Waals surface area contributed by atoms with Crippen LogP contribution < -0.4 is 5.32 Å². The molecule has 9 atom stereocenters. The Labute approximate surface area is 348 Å². The standard InChI is InChI=1S/C48H75N3O7/c1-31(2)40-34(52)27-48(37(53)30-51(25-23-49-24-26-57-10)29-32-13-11-12-22-50-32)21-20-46(8)33(41(40)48)14-15-36-45(7)18-17-38(58-39(54)28-43(3,4)42(55)56)44(5,6)35(45)16-19-47(36,46)9/h11-13,22,31,33,35-38,49,53H,14-21,23-30H2,1-10H3,(H,55,56)/t33-,35+,36?,37?,38+,45+,46-,47-,48+/m1/s1. The minimum atomic E-state index is -1.17. The molecule has 5 aliphatic rings. The molecule has 1 aromatic rings. The summed E-state index contributed by atoms with van der Waals surface area (Å²) in [5.41, 5.74) is 1.28. The fourth-order valence-electron chi connectivity index (χ4n) is 13.8. The fraction of sp³-hybridized carbons (Fsp3) is 0.792. The van der Waals surface area contributed by atoms with Crippen LogP contribution in [0.3, 0.4) is 0 Å². The number of nitrogens with one attached hydrogen (secondary N) is 1. The first kappa shape index (κ1) is 44.9. The number of nitrogens with zero attached hydrogens (tertiary/aromatic N) is 2. The second-order valence-electron chi connectivity index (χ2n) is 21.4. The Morgan fingerprint density at radius 3 is 2.38 bits per heavy atom. The molecule has 0 radical (unpaired) electrons. The molecule has 0 bridgehead atoms. The molecule has 10 heteroatoms. The number of methoxy groups -OCH3 is 1. The summed E-state index contributed by atoms with van der Waals surface area (Å²) >= 11 is 0. The molecule has 4 saturated carbocycles. The van der Waals surface area contributed by atoms with Gasteiger partial charge in [-0.05, 0) is 123 Å². The van der Waals surface area contributed by atoms with Crippen molar-refractivity contribution in [1.29, 1.82) is 0 Å². The highest BCUT2D eigenvalue weighted by molar-refractivity contribution is 6.00. The zero-order chi connectivity index (χ0) is 42.5. The smallest absolute Gasteiger partial charge is 0.309 e. The molecule has 4 fully saturated rings. The van der Waals surface area contributed by atoms with E-state index < -0.39 is 28.9 Å². The lowest BCUT2D eigenvalue weighted by Crippen LogP contribution is -2.66. The van der Waals surface area contributed by atoms with E-state index in [2.05, 4.69) is 63.7 Å². The lowest BCUT2D eigenvalue weighted by Gasteiger charge is -2.72. The molecule has 0 spiro atoms. The highest BCUT2D eigenvalue weighted by Gasteiger charge is 2.71. The average molecular weight is 806 g/mol. The number of esters is 1. The Bertz CT molecular complexity index is 1710. The van der Waals surface area contributed by atoms with E-state index in [1.165, 1.54) is 5.57 Å². The minimum Gasteiger partial charge on any atom is -0.481 e. The summed E-state index contributed by atoms with van der Waals surface area (Å²) in [4.78, 5) is 46.2. The Balaban J connectivity index is 1.27. The lowest BCUT2D eigenvalue weighted by molar-refractivity contribution is -0.235. The van der Waals surface area contributed by atoms with E-state index in [4.69, 9.17) is 9.47 Å². The number of Topliss-reactive ketones (excluding diaryl/α,β-unsaturated/α-hetero) is 1. The van der Waals surface area contributed by atoms with Crippen molar-refractivity contribution >= 4 is 17.7 Å². The number of ether oxygens (including phenoxy) is 2.